The Morgan fingerprint density at radius 2 is 1.95 bits per heavy atom. The molecule has 2 fully saturated rings. The number of nitrogens with zero attached hydrogens (tertiary/aromatic N) is 1. The molecule has 22 heavy (non-hydrogen) atoms. The summed E-state index contributed by atoms with van der Waals surface area (Å²) in [5, 5.41) is 2.73. The maximum Gasteiger partial charge on any atom is 0.250 e. The monoisotopic (exact) mass is 301 g/mol. The molecule has 0 radical (unpaired) electrons. The smallest absolute Gasteiger partial charge is 0.250 e. The van der Waals surface area contributed by atoms with Gasteiger partial charge in [0.25, 0.3) is 5.91 Å². The lowest BCUT2D eigenvalue weighted by Gasteiger charge is -2.34. The molecule has 1 saturated carbocycles. The molecule has 1 saturated heterocycles. The van der Waals surface area contributed by atoms with Crippen molar-refractivity contribution >= 4 is 23.4 Å². The van der Waals surface area contributed by atoms with Crippen LogP contribution in [0.4, 0.5) is 5.69 Å². The minimum Gasteiger partial charge on any atom is -0.366 e. The summed E-state index contributed by atoms with van der Waals surface area (Å²) in [6.45, 7) is 0.466. The van der Waals surface area contributed by atoms with Crippen LogP contribution < -0.4 is 11.1 Å². The molecule has 1 atom stereocenters. The summed E-state index contributed by atoms with van der Waals surface area (Å²) in [7, 11) is 0. The summed E-state index contributed by atoms with van der Waals surface area (Å²) in [5.41, 5.74) is 5.97. The van der Waals surface area contributed by atoms with Crippen LogP contribution in [0.2, 0.25) is 0 Å². The van der Waals surface area contributed by atoms with Crippen LogP contribution in [0.1, 0.15) is 36.0 Å². The predicted molar refractivity (Wildman–Crippen MR) is 81.0 cm³/mol. The first-order valence-corrected chi connectivity index (χ1v) is 7.55. The lowest BCUT2D eigenvalue weighted by Crippen LogP contribution is -2.41. The number of carbonyl (C=O) groups is 3. The first kappa shape index (κ1) is 14.6. The Morgan fingerprint density at radius 1 is 1.23 bits per heavy atom. The molecule has 0 aromatic heterocycles. The van der Waals surface area contributed by atoms with E-state index in [1.165, 1.54) is 0 Å². The second-order valence-corrected chi connectivity index (χ2v) is 5.93. The predicted octanol–water partition coefficient (Wildman–Crippen LogP) is 1.12. The molecule has 1 aliphatic heterocycles. The van der Waals surface area contributed by atoms with Gasteiger partial charge in [-0.1, -0.05) is 12.1 Å². The molecule has 2 aliphatic rings. The highest BCUT2D eigenvalue weighted by molar-refractivity contribution is 6.04. The minimum atomic E-state index is -0.588. The van der Waals surface area contributed by atoms with Gasteiger partial charge in [-0.2, -0.15) is 0 Å². The topological polar surface area (TPSA) is 92.5 Å². The van der Waals surface area contributed by atoms with Gasteiger partial charge in [-0.15, -0.1) is 0 Å². The number of rotatable bonds is 4. The average Bonchev–Trinajstić information content (AvgIpc) is 2.79. The normalized spacial score (nSPS) is 21.5. The van der Waals surface area contributed by atoms with Gasteiger partial charge in [-0.25, -0.2) is 0 Å². The van der Waals surface area contributed by atoms with E-state index in [-0.39, 0.29) is 29.7 Å². The van der Waals surface area contributed by atoms with Crippen LogP contribution in [0.3, 0.4) is 0 Å². The van der Waals surface area contributed by atoms with Gasteiger partial charge in [0.05, 0.1) is 17.2 Å². The zero-order valence-corrected chi connectivity index (χ0v) is 12.2. The summed E-state index contributed by atoms with van der Waals surface area (Å²) in [6.07, 6.45) is 3.45. The van der Waals surface area contributed by atoms with Crippen molar-refractivity contribution in [3.63, 3.8) is 0 Å². The summed E-state index contributed by atoms with van der Waals surface area (Å²) in [6, 6.07) is 6.93. The van der Waals surface area contributed by atoms with Crippen molar-refractivity contribution in [2.24, 2.45) is 11.7 Å². The molecule has 3 amide bonds. The molecule has 116 valence electrons. The summed E-state index contributed by atoms with van der Waals surface area (Å²) < 4.78 is 0. The minimum absolute atomic E-state index is 0.0491. The fourth-order valence-electron chi connectivity index (χ4n) is 3.00. The van der Waals surface area contributed by atoms with Crippen molar-refractivity contribution in [3.05, 3.63) is 29.8 Å². The average molecular weight is 301 g/mol. The van der Waals surface area contributed by atoms with Gasteiger partial charge in [0, 0.05) is 19.0 Å². The van der Waals surface area contributed by atoms with E-state index >= 15 is 0 Å². The van der Waals surface area contributed by atoms with E-state index in [4.69, 9.17) is 5.73 Å². The molecule has 1 heterocycles. The van der Waals surface area contributed by atoms with Gasteiger partial charge >= 0.3 is 0 Å². The van der Waals surface area contributed by atoms with Crippen LogP contribution in [0.25, 0.3) is 0 Å². The molecule has 1 aliphatic carbocycles. The zero-order valence-electron chi connectivity index (χ0n) is 12.2. The van der Waals surface area contributed by atoms with E-state index in [1.54, 1.807) is 24.3 Å². The number of amides is 3. The van der Waals surface area contributed by atoms with Crippen LogP contribution in [0.5, 0.6) is 0 Å². The second-order valence-electron chi connectivity index (χ2n) is 5.93. The highest BCUT2D eigenvalue weighted by Crippen LogP contribution is 2.31. The Kier molecular flexibility index (Phi) is 3.83. The van der Waals surface area contributed by atoms with E-state index < -0.39 is 5.91 Å². The van der Waals surface area contributed by atoms with Crippen molar-refractivity contribution in [2.75, 3.05) is 11.9 Å². The Balaban J connectivity index is 1.68. The lowest BCUT2D eigenvalue weighted by molar-refractivity contribution is -0.131. The third kappa shape index (κ3) is 2.68. The zero-order chi connectivity index (χ0) is 15.7. The molecule has 3 rings (SSSR count). The maximum atomic E-state index is 12.4. The van der Waals surface area contributed by atoms with E-state index in [2.05, 4.69) is 5.32 Å². The molecule has 3 N–H and O–H groups in total. The quantitative estimate of drug-likeness (QED) is 0.873. The van der Waals surface area contributed by atoms with E-state index in [1.807, 2.05) is 4.90 Å². The number of hydrogen-bond donors (Lipinski definition) is 2. The number of carbonyl (C=O) groups excluding carboxylic acids is 3. The molecular weight excluding hydrogens is 282 g/mol. The van der Waals surface area contributed by atoms with Crippen molar-refractivity contribution in [3.8, 4) is 0 Å². The van der Waals surface area contributed by atoms with Crippen molar-refractivity contribution in [1.82, 2.24) is 4.90 Å². The van der Waals surface area contributed by atoms with Crippen molar-refractivity contribution < 1.29 is 14.4 Å². The Hall–Kier alpha value is -2.37. The van der Waals surface area contributed by atoms with Gasteiger partial charge in [-0.05, 0) is 31.4 Å². The van der Waals surface area contributed by atoms with Gasteiger partial charge < -0.3 is 16.0 Å². The van der Waals surface area contributed by atoms with Gasteiger partial charge in [0.15, 0.2) is 0 Å². The number of benzene rings is 1. The van der Waals surface area contributed by atoms with Crippen LogP contribution in [-0.4, -0.2) is 35.2 Å². The number of nitrogens with one attached hydrogen (secondary N) is 1. The largest absolute Gasteiger partial charge is 0.366 e. The maximum absolute atomic E-state index is 12.4. The van der Waals surface area contributed by atoms with Crippen LogP contribution in [-0.2, 0) is 9.59 Å². The van der Waals surface area contributed by atoms with Crippen LogP contribution >= 0.6 is 0 Å². The fraction of sp³-hybridized carbons (Fsp3) is 0.438. The SMILES string of the molecule is NC(=O)c1ccccc1NC(=O)C1CC(=O)N(C2CCC2)C1. The molecule has 6 nitrogen and oxygen atoms in total. The summed E-state index contributed by atoms with van der Waals surface area (Å²) in [4.78, 5) is 37.6. The molecular formula is C16H19N3O3. The number of anilines is 1. The van der Waals surface area contributed by atoms with Crippen molar-refractivity contribution in [1.29, 1.82) is 0 Å². The number of para-hydroxylation sites is 1. The lowest BCUT2D eigenvalue weighted by atomic mass is 9.92. The Bertz CT molecular complexity index is 625. The summed E-state index contributed by atoms with van der Waals surface area (Å²) in [5.74, 6) is -1.14. The first-order valence-electron chi connectivity index (χ1n) is 7.55. The Morgan fingerprint density at radius 3 is 2.59 bits per heavy atom. The molecule has 1 aromatic rings. The molecule has 1 unspecified atom stereocenters. The highest BCUT2D eigenvalue weighted by atomic mass is 16.2. The molecule has 0 spiro atoms. The molecule has 0 bridgehead atoms. The number of primary amides is 1. The van der Waals surface area contributed by atoms with Gasteiger partial charge in [-0.3, -0.25) is 14.4 Å². The number of likely N-dealkylation sites (tertiary alicyclic amines) is 1. The van der Waals surface area contributed by atoms with Crippen molar-refractivity contribution in [2.45, 2.75) is 31.7 Å². The number of nitrogens with two attached hydrogens (primary N) is 1. The van der Waals surface area contributed by atoms with Crippen LogP contribution in [0.15, 0.2) is 24.3 Å². The molecule has 6 heteroatoms. The Labute approximate surface area is 128 Å². The second kappa shape index (κ2) is 5.79. The van der Waals surface area contributed by atoms with Crippen LogP contribution in [0, 0.1) is 5.92 Å². The number of hydrogen-bond acceptors (Lipinski definition) is 3. The van der Waals surface area contributed by atoms with E-state index in [0.717, 1.165) is 19.3 Å². The van der Waals surface area contributed by atoms with E-state index in [0.29, 0.717) is 18.3 Å². The highest BCUT2D eigenvalue weighted by Gasteiger charge is 2.39. The standard InChI is InChI=1S/C16H19N3O3/c17-15(21)12-6-1-2-7-13(12)18-16(22)10-8-14(20)19(9-10)11-4-3-5-11/h1-2,6-7,10-11H,3-5,8-9H2,(H2,17,21)(H,18,22). The van der Waals surface area contributed by atoms with Gasteiger partial charge in [0.1, 0.15) is 0 Å². The molecule has 1 aromatic carbocycles. The van der Waals surface area contributed by atoms with Gasteiger partial charge in [0.2, 0.25) is 11.8 Å². The summed E-state index contributed by atoms with van der Waals surface area (Å²) >= 11 is 0. The third-order valence-electron chi connectivity index (χ3n) is 4.50. The van der Waals surface area contributed by atoms with E-state index in [9.17, 15) is 14.4 Å². The third-order valence-corrected chi connectivity index (χ3v) is 4.50. The fourth-order valence-corrected chi connectivity index (χ4v) is 3.00. The first-order chi connectivity index (χ1) is 10.6.